The van der Waals surface area contributed by atoms with Crippen molar-refractivity contribution in [3.8, 4) is 5.75 Å². The lowest BCUT2D eigenvalue weighted by Crippen LogP contribution is -2.43. The van der Waals surface area contributed by atoms with E-state index in [2.05, 4.69) is 46.6 Å². The lowest BCUT2D eigenvalue weighted by molar-refractivity contribution is 0.189. The molecule has 122 valence electrons. The van der Waals surface area contributed by atoms with Crippen molar-refractivity contribution in [3.05, 3.63) is 42.0 Å². The van der Waals surface area contributed by atoms with Crippen molar-refractivity contribution in [3.63, 3.8) is 0 Å². The molecule has 1 heterocycles. The van der Waals surface area contributed by atoms with Crippen LogP contribution in [0.15, 0.2) is 36.4 Å². The molecule has 1 aliphatic carbocycles. The summed E-state index contributed by atoms with van der Waals surface area (Å²) in [5, 5.41) is 6.36. The molecule has 1 saturated heterocycles. The molecule has 3 heteroatoms. The van der Waals surface area contributed by atoms with Crippen LogP contribution < -0.4 is 10.1 Å². The molecule has 0 unspecified atom stereocenters. The van der Waals surface area contributed by atoms with Crippen molar-refractivity contribution in [2.24, 2.45) is 0 Å². The van der Waals surface area contributed by atoms with E-state index in [4.69, 9.17) is 4.74 Å². The SMILES string of the molecule is COc1ccc2ccccc2c1CNC1CCN(C2CC2)CC1. The maximum atomic E-state index is 5.60. The second-order valence-electron chi connectivity index (χ2n) is 6.89. The third kappa shape index (κ3) is 3.22. The Kier molecular flexibility index (Phi) is 4.23. The molecule has 23 heavy (non-hydrogen) atoms. The van der Waals surface area contributed by atoms with E-state index in [1.165, 1.54) is 55.1 Å². The predicted octanol–water partition coefficient (Wildman–Crippen LogP) is 3.56. The smallest absolute Gasteiger partial charge is 0.123 e. The summed E-state index contributed by atoms with van der Waals surface area (Å²) in [6.45, 7) is 3.41. The van der Waals surface area contributed by atoms with E-state index in [1.807, 2.05) is 0 Å². The molecule has 2 fully saturated rings. The zero-order chi connectivity index (χ0) is 15.6. The van der Waals surface area contributed by atoms with Gasteiger partial charge in [-0.1, -0.05) is 30.3 Å². The van der Waals surface area contributed by atoms with Gasteiger partial charge in [-0.3, -0.25) is 0 Å². The van der Waals surface area contributed by atoms with E-state index < -0.39 is 0 Å². The van der Waals surface area contributed by atoms with Gasteiger partial charge in [0, 0.05) is 24.2 Å². The first kappa shape index (κ1) is 15.0. The van der Waals surface area contributed by atoms with Crippen molar-refractivity contribution in [2.75, 3.05) is 20.2 Å². The number of rotatable bonds is 5. The molecular weight excluding hydrogens is 284 g/mol. The van der Waals surface area contributed by atoms with Crippen LogP contribution in [0.3, 0.4) is 0 Å². The number of likely N-dealkylation sites (tertiary alicyclic amines) is 1. The van der Waals surface area contributed by atoms with Crippen LogP contribution in [-0.2, 0) is 6.54 Å². The maximum absolute atomic E-state index is 5.60. The van der Waals surface area contributed by atoms with Crippen LogP contribution in [0.5, 0.6) is 5.75 Å². The number of nitrogens with zero attached hydrogens (tertiary/aromatic N) is 1. The number of ether oxygens (including phenoxy) is 1. The summed E-state index contributed by atoms with van der Waals surface area (Å²) < 4.78 is 5.60. The Balaban J connectivity index is 1.45. The van der Waals surface area contributed by atoms with Gasteiger partial charge < -0.3 is 15.0 Å². The Morgan fingerprint density at radius 3 is 2.57 bits per heavy atom. The highest BCUT2D eigenvalue weighted by molar-refractivity contribution is 5.87. The van der Waals surface area contributed by atoms with Crippen LogP contribution in [0.1, 0.15) is 31.2 Å². The Morgan fingerprint density at radius 1 is 1.04 bits per heavy atom. The third-order valence-electron chi connectivity index (χ3n) is 5.38. The summed E-state index contributed by atoms with van der Waals surface area (Å²) in [7, 11) is 1.77. The largest absolute Gasteiger partial charge is 0.496 e. The zero-order valence-corrected chi connectivity index (χ0v) is 13.9. The minimum absolute atomic E-state index is 0.633. The minimum Gasteiger partial charge on any atom is -0.496 e. The molecular formula is C20H26N2O. The first-order valence-corrected chi connectivity index (χ1v) is 8.87. The standard InChI is InChI=1S/C20H26N2O/c1-23-20-9-6-15-4-2-3-5-18(15)19(20)14-21-16-10-12-22(13-11-16)17-7-8-17/h2-6,9,16-17,21H,7-8,10-14H2,1H3. The highest BCUT2D eigenvalue weighted by atomic mass is 16.5. The Labute approximate surface area is 138 Å². The van der Waals surface area contributed by atoms with E-state index in [1.54, 1.807) is 7.11 Å². The molecule has 0 amide bonds. The van der Waals surface area contributed by atoms with E-state index in [0.717, 1.165) is 18.3 Å². The number of fused-ring (bicyclic) bond motifs is 1. The van der Waals surface area contributed by atoms with Gasteiger partial charge in [0.1, 0.15) is 5.75 Å². The van der Waals surface area contributed by atoms with E-state index >= 15 is 0 Å². The van der Waals surface area contributed by atoms with Gasteiger partial charge in [0.25, 0.3) is 0 Å². The third-order valence-corrected chi connectivity index (χ3v) is 5.38. The number of nitrogens with one attached hydrogen (secondary N) is 1. The molecule has 2 aliphatic rings. The average molecular weight is 310 g/mol. The number of benzene rings is 2. The summed E-state index contributed by atoms with van der Waals surface area (Å²) in [5.74, 6) is 0.992. The number of hydrogen-bond acceptors (Lipinski definition) is 3. The summed E-state index contributed by atoms with van der Waals surface area (Å²) in [4.78, 5) is 2.68. The van der Waals surface area contributed by atoms with Gasteiger partial charge in [0.05, 0.1) is 7.11 Å². The first-order chi connectivity index (χ1) is 11.3. The zero-order valence-electron chi connectivity index (χ0n) is 13.9. The second kappa shape index (κ2) is 6.50. The maximum Gasteiger partial charge on any atom is 0.123 e. The number of hydrogen-bond donors (Lipinski definition) is 1. The molecule has 2 aromatic rings. The molecule has 0 spiro atoms. The van der Waals surface area contributed by atoms with Gasteiger partial charge in [0.2, 0.25) is 0 Å². The lowest BCUT2D eigenvalue weighted by atomic mass is 10.0. The van der Waals surface area contributed by atoms with Gasteiger partial charge in [-0.15, -0.1) is 0 Å². The summed E-state index contributed by atoms with van der Waals surface area (Å²) in [6, 6.07) is 14.4. The van der Waals surface area contributed by atoms with Crippen molar-refractivity contribution >= 4 is 10.8 Å². The fourth-order valence-corrected chi connectivity index (χ4v) is 3.84. The second-order valence-corrected chi connectivity index (χ2v) is 6.89. The Bertz CT molecular complexity index is 672. The first-order valence-electron chi connectivity index (χ1n) is 8.87. The van der Waals surface area contributed by atoms with Gasteiger partial charge >= 0.3 is 0 Å². The molecule has 1 saturated carbocycles. The minimum atomic E-state index is 0.633. The molecule has 1 N–H and O–H groups in total. The predicted molar refractivity (Wildman–Crippen MR) is 95.0 cm³/mol. The van der Waals surface area contributed by atoms with E-state index in [0.29, 0.717) is 6.04 Å². The van der Waals surface area contributed by atoms with Crippen LogP contribution in [0.25, 0.3) is 10.8 Å². The molecule has 1 aliphatic heterocycles. The number of piperidine rings is 1. The molecule has 3 nitrogen and oxygen atoms in total. The van der Waals surface area contributed by atoms with Crippen LogP contribution in [-0.4, -0.2) is 37.2 Å². The van der Waals surface area contributed by atoms with Gasteiger partial charge in [-0.25, -0.2) is 0 Å². The highest BCUT2D eigenvalue weighted by Gasteiger charge is 2.31. The van der Waals surface area contributed by atoms with Gasteiger partial charge in [0.15, 0.2) is 0 Å². The number of methoxy groups -OCH3 is 1. The highest BCUT2D eigenvalue weighted by Crippen LogP contribution is 2.30. The van der Waals surface area contributed by atoms with Gasteiger partial charge in [-0.05, 0) is 55.6 Å². The lowest BCUT2D eigenvalue weighted by Gasteiger charge is -2.32. The van der Waals surface area contributed by atoms with Crippen LogP contribution in [0.4, 0.5) is 0 Å². The molecule has 2 aromatic carbocycles. The average Bonchev–Trinajstić information content (AvgIpc) is 3.45. The van der Waals surface area contributed by atoms with Crippen LogP contribution in [0, 0.1) is 0 Å². The van der Waals surface area contributed by atoms with Crippen molar-refractivity contribution in [2.45, 2.75) is 44.3 Å². The normalized spacial score (nSPS) is 20.0. The summed E-state index contributed by atoms with van der Waals surface area (Å²) in [6.07, 6.45) is 5.38. The summed E-state index contributed by atoms with van der Waals surface area (Å²) in [5.41, 5.74) is 1.29. The van der Waals surface area contributed by atoms with E-state index in [-0.39, 0.29) is 0 Å². The van der Waals surface area contributed by atoms with Crippen LogP contribution in [0.2, 0.25) is 0 Å². The molecule has 0 atom stereocenters. The van der Waals surface area contributed by atoms with Crippen molar-refractivity contribution < 1.29 is 4.74 Å². The van der Waals surface area contributed by atoms with Crippen molar-refractivity contribution in [1.82, 2.24) is 10.2 Å². The fourth-order valence-electron chi connectivity index (χ4n) is 3.84. The quantitative estimate of drug-likeness (QED) is 0.914. The molecule has 0 radical (unpaired) electrons. The Morgan fingerprint density at radius 2 is 1.83 bits per heavy atom. The molecule has 0 aromatic heterocycles. The van der Waals surface area contributed by atoms with Gasteiger partial charge in [-0.2, -0.15) is 0 Å². The van der Waals surface area contributed by atoms with Crippen LogP contribution >= 0.6 is 0 Å². The monoisotopic (exact) mass is 310 g/mol. The van der Waals surface area contributed by atoms with Crippen molar-refractivity contribution in [1.29, 1.82) is 0 Å². The Hall–Kier alpha value is -1.58. The van der Waals surface area contributed by atoms with E-state index in [9.17, 15) is 0 Å². The topological polar surface area (TPSA) is 24.5 Å². The molecule has 0 bridgehead atoms. The fraction of sp³-hybridized carbons (Fsp3) is 0.500. The summed E-state index contributed by atoms with van der Waals surface area (Å²) >= 11 is 0. The molecule has 4 rings (SSSR count).